The van der Waals surface area contributed by atoms with Crippen LogP contribution in [0.1, 0.15) is 31.2 Å². The SMILES string of the molecule is O=C(O)C1CCCN(Cc2ccc(N3CCCC3)cc2)C1. The van der Waals surface area contributed by atoms with Crippen molar-refractivity contribution >= 4 is 11.7 Å². The Labute approximate surface area is 126 Å². The van der Waals surface area contributed by atoms with E-state index in [1.807, 2.05) is 0 Å². The molecule has 21 heavy (non-hydrogen) atoms. The van der Waals surface area contributed by atoms with Gasteiger partial charge in [-0.15, -0.1) is 0 Å². The molecular weight excluding hydrogens is 264 g/mol. The lowest BCUT2D eigenvalue weighted by molar-refractivity contribution is -0.143. The Morgan fingerprint density at radius 3 is 2.48 bits per heavy atom. The average molecular weight is 288 g/mol. The first kappa shape index (κ1) is 14.4. The topological polar surface area (TPSA) is 43.8 Å². The van der Waals surface area contributed by atoms with Crippen molar-refractivity contribution in [3.8, 4) is 0 Å². The molecule has 2 aliphatic heterocycles. The second-order valence-electron chi connectivity index (χ2n) is 6.27. The van der Waals surface area contributed by atoms with Crippen molar-refractivity contribution in [1.29, 1.82) is 0 Å². The number of piperidine rings is 1. The zero-order chi connectivity index (χ0) is 14.7. The second-order valence-corrected chi connectivity index (χ2v) is 6.27. The molecule has 1 atom stereocenters. The van der Waals surface area contributed by atoms with Crippen molar-refractivity contribution in [2.75, 3.05) is 31.1 Å². The fraction of sp³-hybridized carbons (Fsp3) is 0.588. The van der Waals surface area contributed by atoms with Gasteiger partial charge in [0, 0.05) is 31.9 Å². The molecule has 1 N–H and O–H groups in total. The Balaban J connectivity index is 1.58. The van der Waals surface area contributed by atoms with Crippen LogP contribution in [0.2, 0.25) is 0 Å². The van der Waals surface area contributed by atoms with Gasteiger partial charge in [0.2, 0.25) is 0 Å². The number of carboxylic acid groups (broad SMARTS) is 1. The molecule has 2 heterocycles. The molecule has 4 nitrogen and oxygen atoms in total. The largest absolute Gasteiger partial charge is 0.481 e. The van der Waals surface area contributed by atoms with E-state index in [0.717, 1.165) is 25.9 Å². The first-order valence-corrected chi connectivity index (χ1v) is 8.01. The molecule has 1 aromatic carbocycles. The molecule has 1 unspecified atom stereocenters. The number of anilines is 1. The maximum atomic E-state index is 11.1. The minimum absolute atomic E-state index is 0.192. The summed E-state index contributed by atoms with van der Waals surface area (Å²) in [6, 6.07) is 8.80. The molecule has 0 bridgehead atoms. The van der Waals surface area contributed by atoms with Gasteiger partial charge in [0.25, 0.3) is 0 Å². The number of likely N-dealkylation sites (tertiary alicyclic amines) is 1. The highest BCUT2D eigenvalue weighted by molar-refractivity contribution is 5.70. The minimum Gasteiger partial charge on any atom is -0.481 e. The average Bonchev–Trinajstić information content (AvgIpc) is 3.02. The predicted octanol–water partition coefficient (Wildman–Crippen LogP) is 2.58. The van der Waals surface area contributed by atoms with Crippen LogP contribution < -0.4 is 4.90 Å². The number of benzene rings is 1. The molecule has 1 aromatic rings. The van der Waals surface area contributed by atoms with E-state index in [-0.39, 0.29) is 5.92 Å². The number of rotatable bonds is 4. The quantitative estimate of drug-likeness (QED) is 0.925. The van der Waals surface area contributed by atoms with Crippen LogP contribution in [0.15, 0.2) is 24.3 Å². The molecule has 3 rings (SSSR count). The van der Waals surface area contributed by atoms with Crippen molar-refractivity contribution in [1.82, 2.24) is 4.90 Å². The molecule has 2 fully saturated rings. The molecule has 0 radical (unpaired) electrons. The molecule has 0 aliphatic carbocycles. The van der Waals surface area contributed by atoms with Crippen molar-refractivity contribution < 1.29 is 9.90 Å². The lowest BCUT2D eigenvalue weighted by Crippen LogP contribution is -2.38. The van der Waals surface area contributed by atoms with Gasteiger partial charge in [0.15, 0.2) is 0 Å². The summed E-state index contributed by atoms with van der Waals surface area (Å²) >= 11 is 0. The van der Waals surface area contributed by atoms with Crippen molar-refractivity contribution in [3.63, 3.8) is 0 Å². The Bertz CT molecular complexity index is 480. The molecule has 2 aliphatic rings. The number of aliphatic carboxylic acids is 1. The Morgan fingerprint density at radius 1 is 1.10 bits per heavy atom. The maximum absolute atomic E-state index is 11.1. The van der Waals surface area contributed by atoms with Gasteiger partial charge in [0.05, 0.1) is 5.92 Å². The summed E-state index contributed by atoms with van der Waals surface area (Å²) in [5.41, 5.74) is 2.60. The van der Waals surface area contributed by atoms with Gasteiger partial charge in [-0.1, -0.05) is 12.1 Å². The van der Waals surface area contributed by atoms with Gasteiger partial charge in [-0.05, 0) is 49.9 Å². The summed E-state index contributed by atoms with van der Waals surface area (Å²) in [6.07, 6.45) is 4.40. The van der Waals surface area contributed by atoms with E-state index >= 15 is 0 Å². The van der Waals surface area contributed by atoms with E-state index in [1.54, 1.807) is 0 Å². The minimum atomic E-state index is -0.649. The normalized spacial score (nSPS) is 23.4. The van der Waals surface area contributed by atoms with Crippen LogP contribution in [-0.4, -0.2) is 42.2 Å². The van der Waals surface area contributed by atoms with Crippen LogP contribution in [0.25, 0.3) is 0 Å². The molecule has 0 spiro atoms. The third kappa shape index (κ3) is 3.56. The van der Waals surface area contributed by atoms with Gasteiger partial charge >= 0.3 is 5.97 Å². The zero-order valence-corrected chi connectivity index (χ0v) is 12.5. The molecule has 2 saturated heterocycles. The van der Waals surface area contributed by atoms with E-state index in [4.69, 9.17) is 5.11 Å². The number of hydrogen-bond donors (Lipinski definition) is 1. The third-order valence-corrected chi connectivity index (χ3v) is 4.67. The van der Waals surface area contributed by atoms with Crippen LogP contribution in [0.4, 0.5) is 5.69 Å². The summed E-state index contributed by atoms with van der Waals surface area (Å²) in [7, 11) is 0. The van der Waals surface area contributed by atoms with Gasteiger partial charge in [-0.2, -0.15) is 0 Å². The fourth-order valence-corrected chi connectivity index (χ4v) is 3.45. The summed E-state index contributed by atoms with van der Waals surface area (Å²) in [5, 5.41) is 9.15. The highest BCUT2D eigenvalue weighted by atomic mass is 16.4. The Morgan fingerprint density at radius 2 is 1.81 bits per heavy atom. The summed E-state index contributed by atoms with van der Waals surface area (Å²) in [6.45, 7) is 4.91. The molecular formula is C17H24N2O2. The monoisotopic (exact) mass is 288 g/mol. The number of carboxylic acids is 1. The molecule has 114 valence electrons. The van der Waals surface area contributed by atoms with Crippen LogP contribution in [-0.2, 0) is 11.3 Å². The van der Waals surface area contributed by atoms with Gasteiger partial charge in [0.1, 0.15) is 0 Å². The van der Waals surface area contributed by atoms with E-state index < -0.39 is 5.97 Å². The van der Waals surface area contributed by atoms with Gasteiger partial charge in [-0.3, -0.25) is 9.69 Å². The molecule has 4 heteroatoms. The standard InChI is InChI=1S/C17H24N2O2/c20-17(21)15-4-3-9-18(13-15)12-14-5-7-16(8-6-14)19-10-1-2-11-19/h5-8,15H,1-4,9-13H2,(H,20,21). The van der Waals surface area contributed by atoms with Gasteiger partial charge in [-0.25, -0.2) is 0 Å². The first-order valence-electron chi connectivity index (χ1n) is 8.01. The zero-order valence-electron chi connectivity index (χ0n) is 12.5. The van der Waals surface area contributed by atoms with Crippen molar-refractivity contribution in [2.24, 2.45) is 5.92 Å². The summed E-state index contributed by atoms with van der Waals surface area (Å²) in [4.78, 5) is 15.8. The van der Waals surface area contributed by atoms with Crippen LogP contribution in [0, 0.1) is 5.92 Å². The number of carbonyl (C=O) groups is 1. The lowest BCUT2D eigenvalue weighted by atomic mass is 9.98. The molecule has 0 amide bonds. The van der Waals surface area contributed by atoms with E-state index in [2.05, 4.69) is 34.1 Å². The van der Waals surface area contributed by atoms with E-state index in [9.17, 15) is 4.79 Å². The summed E-state index contributed by atoms with van der Waals surface area (Å²) in [5.74, 6) is -0.841. The second kappa shape index (κ2) is 6.48. The van der Waals surface area contributed by atoms with E-state index in [0.29, 0.717) is 6.54 Å². The summed E-state index contributed by atoms with van der Waals surface area (Å²) < 4.78 is 0. The highest BCUT2D eigenvalue weighted by Crippen LogP contribution is 2.22. The van der Waals surface area contributed by atoms with Crippen molar-refractivity contribution in [3.05, 3.63) is 29.8 Å². The molecule has 0 aromatic heterocycles. The Hall–Kier alpha value is -1.55. The van der Waals surface area contributed by atoms with Crippen LogP contribution >= 0.6 is 0 Å². The number of hydrogen-bond acceptors (Lipinski definition) is 3. The maximum Gasteiger partial charge on any atom is 0.307 e. The van der Waals surface area contributed by atoms with Gasteiger partial charge < -0.3 is 10.0 Å². The highest BCUT2D eigenvalue weighted by Gasteiger charge is 2.25. The molecule has 0 saturated carbocycles. The van der Waals surface area contributed by atoms with Crippen LogP contribution in [0.5, 0.6) is 0 Å². The number of nitrogens with zero attached hydrogens (tertiary/aromatic N) is 2. The fourth-order valence-electron chi connectivity index (χ4n) is 3.45. The third-order valence-electron chi connectivity index (χ3n) is 4.67. The van der Waals surface area contributed by atoms with Crippen LogP contribution in [0.3, 0.4) is 0 Å². The van der Waals surface area contributed by atoms with Crippen molar-refractivity contribution in [2.45, 2.75) is 32.2 Å². The first-order chi connectivity index (χ1) is 10.2. The lowest BCUT2D eigenvalue weighted by Gasteiger charge is -2.30. The predicted molar refractivity (Wildman–Crippen MR) is 83.5 cm³/mol. The Kier molecular flexibility index (Phi) is 4.44. The smallest absolute Gasteiger partial charge is 0.307 e. The van der Waals surface area contributed by atoms with E-state index in [1.165, 1.54) is 37.2 Å².